The number of benzene rings is 2. The standard InChI is InChI=1S/C21H19N5O3S/c1-13(27)22-16-9-7-14(8-10-16)19(29)23-21-25-24-20(30-21)15-11-18(28)26(12-15)17-5-3-2-4-6-17/h2-10,15H,11-12H2,1H3,(H,22,27)(H,23,25,29). The van der Waals surface area contributed by atoms with Crippen LogP contribution in [0.25, 0.3) is 0 Å². The van der Waals surface area contributed by atoms with Crippen LogP contribution in [0.4, 0.5) is 16.5 Å². The van der Waals surface area contributed by atoms with Crippen molar-refractivity contribution in [2.45, 2.75) is 19.3 Å². The number of rotatable bonds is 5. The molecule has 9 heteroatoms. The lowest BCUT2D eigenvalue weighted by molar-refractivity contribution is -0.117. The molecule has 0 spiro atoms. The maximum atomic E-state index is 12.4. The highest BCUT2D eigenvalue weighted by Gasteiger charge is 2.33. The molecule has 1 atom stereocenters. The van der Waals surface area contributed by atoms with Crippen LogP contribution in [-0.4, -0.2) is 34.5 Å². The molecule has 1 unspecified atom stereocenters. The van der Waals surface area contributed by atoms with E-state index in [2.05, 4.69) is 20.8 Å². The van der Waals surface area contributed by atoms with E-state index in [1.165, 1.54) is 18.3 Å². The van der Waals surface area contributed by atoms with E-state index in [0.29, 0.717) is 29.3 Å². The van der Waals surface area contributed by atoms with Gasteiger partial charge >= 0.3 is 0 Å². The average Bonchev–Trinajstić information content (AvgIpc) is 3.35. The Kier molecular flexibility index (Phi) is 5.53. The molecular formula is C21H19N5O3S. The summed E-state index contributed by atoms with van der Waals surface area (Å²) >= 11 is 1.27. The van der Waals surface area contributed by atoms with Gasteiger partial charge in [0.05, 0.1) is 0 Å². The van der Waals surface area contributed by atoms with Crippen molar-refractivity contribution in [3.05, 3.63) is 65.2 Å². The summed E-state index contributed by atoms with van der Waals surface area (Å²) < 4.78 is 0. The van der Waals surface area contributed by atoms with Gasteiger partial charge in [0.2, 0.25) is 16.9 Å². The molecule has 3 amide bonds. The first kappa shape index (κ1) is 19.7. The molecule has 0 saturated carbocycles. The number of hydrogen-bond donors (Lipinski definition) is 2. The van der Waals surface area contributed by atoms with Gasteiger partial charge in [-0.3, -0.25) is 19.7 Å². The zero-order valence-corrected chi connectivity index (χ0v) is 17.0. The van der Waals surface area contributed by atoms with E-state index < -0.39 is 0 Å². The Morgan fingerprint density at radius 2 is 1.77 bits per heavy atom. The highest BCUT2D eigenvalue weighted by Crippen LogP contribution is 2.34. The normalized spacial score (nSPS) is 15.8. The van der Waals surface area contributed by atoms with Crippen LogP contribution < -0.4 is 15.5 Å². The van der Waals surface area contributed by atoms with Gasteiger partial charge in [-0.25, -0.2) is 0 Å². The van der Waals surface area contributed by atoms with Crippen molar-refractivity contribution in [3.8, 4) is 0 Å². The first-order valence-corrected chi connectivity index (χ1v) is 10.2. The van der Waals surface area contributed by atoms with Crippen LogP contribution in [0.5, 0.6) is 0 Å². The molecule has 4 rings (SSSR count). The third kappa shape index (κ3) is 4.36. The fourth-order valence-electron chi connectivity index (χ4n) is 3.26. The SMILES string of the molecule is CC(=O)Nc1ccc(C(=O)Nc2nnc(C3CC(=O)N(c4ccccc4)C3)s2)cc1. The first-order valence-electron chi connectivity index (χ1n) is 9.37. The summed E-state index contributed by atoms with van der Waals surface area (Å²) in [7, 11) is 0. The molecule has 2 aromatic carbocycles. The van der Waals surface area contributed by atoms with Gasteiger partial charge in [-0.05, 0) is 36.4 Å². The molecule has 8 nitrogen and oxygen atoms in total. The Morgan fingerprint density at radius 3 is 2.47 bits per heavy atom. The van der Waals surface area contributed by atoms with E-state index in [9.17, 15) is 14.4 Å². The van der Waals surface area contributed by atoms with Gasteiger partial charge in [0.25, 0.3) is 5.91 Å². The van der Waals surface area contributed by atoms with Gasteiger partial charge in [-0.1, -0.05) is 29.5 Å². The van der Waals surface area contributed by atoms with Crippen molar-refractivity contribution in [2.24, 2.45) is 0 Å². The summed E-state index contributed by atoms with van der Waals surface area (Å²) in [5, 5.41) is 14.7. The number of carbonyl (C=O) groups excluding carboxylic acids is 3. The van der Waals surface area contributed by atoms with Crippen LogP contribution in [-0.2, 0) is 9.59 Å². The van der Waals surface area contributed by atoms with Crippen LogP contribution in [0.1, 0.15) is 34.6 Å². The number of aromatic nitrogens is 2. The summed E-state index contributed by atoms with van der Waals surface area (Å²) in [5.74, 6) is -0.505. The largest absolute Gasteiger partial charge is 0.326 e. The Labute approximate surface area is 176 Å². The van der Waals surface area contributed by atoms with Crippen molar-refractivity contribution < 1.29 is 14.4 Å². The molecule has 3 aromatic rings. The minimum atomic E-state index is -0.319. The quantitative estimate of drug-likeness (QED) is 0.658. The first-order chi connectivity index (χ1) is 14.5. The lowest BCUT2D eigenvalue weighted by Gasteiger charge is -2.15. The molecule has 0 aliphatic carbocycles. The lowest BCUT2D eigenvalue weighted by atomic mass is 10.1. The van der Waals surface area contributed by atoms with Gasteiger partial charge in [0.15, 0.2) is 0 Å². The van der Waals surface area contributed by atoms with Gasteiger partial charge < -0.3 is 10.2 Å². The second-order valence-corrected chi connectivity index (χ2v) is 7.91. The fourth-order valence-corrected chi connectivity index (χ4v) is 4.09. The van der Waals surface area contributed by atoms with Gasteiger partial charge in [-0.2, -0.15) is 0 Å². The number of carbonyl (C=O) groups is 3. The second kappa shape index (κ2) is 8.42. The van der Waals surface area contributed by atoms with Crippen molar-refractivity contribution in [3.63, 3.8) is 0 Å². The molecule has 2 N–H and O–H groups in total. The molecular weight excluding hydrogens is 402 g/mol. The van der Waals surface area contributed by atoms with E-state index in [1.807, 2.05) is 30.3 Å². The molecule has 30 heavy (non-hydrogen) atoms. The predicted octanol–water partition coefficient (Wildman–Crippen LogP) is 3.27. The van der Waals surface area contributed by atoms with Crippen LogP contribution in [0.3, 0.4) is 0 Å². The Balaban J connectivity index is 1.40. The maximum Gasteiger partial charge on any atom is 0.257 e. The topological polar surface area (TPSA) is 104 Å². The second-order valence-electron chi connectivity index (χ2n) is 6.90. The molecule has 1 fully saturated rings. The molecule has 1 aliphatic rings. The number of para-hydroxylation sites is 1. The third-order valence-corrected chi connectivity index (χ3v) is 5.67. The molecule has 1 aliphatic heterocycles. The van der Waals surface area contributed by atoms with Gasteiger partial charge in [0.1, 0.15) is 5.01 Å². The van der Waals surface area contributed by atoms with Crippen LogP contribution in [0, 0.1) is 0 Å². The van der Waals surface area contributed by atoms with E-state index in [1.54, 1.807) is 29.2 Å². The zero-order valence-electron chi connectivity index (χ0n) is 16.2. The third-order valence-electron chi connectivity index (χ3n) is 4.67. The van der Waals surface area contributed by atoms with Crippen LogP contribution >= 0.6 is 11.3 Å². The molecule has 1 aromatic heterocycles. The summed E-state index contributed by atoms with van der Waals surface area (Å²) in [6, 6.07) is 16.1. The molecule has 152 valence electrons. The Morgan fingerprint density at radius 1 is 1.03 bits per heavy atom. The number of amides is 3. The number of nitrogens with one attached hydrogen (secondary N) is 2. The smallest absolute Gasteiger partial charge is 0.257 e. The van der Waals surface area contributed by atoms with Crippen molar-refractivity contribution in [1.29, 1.82) is 0 Å². The van der Waals surface area contributed by atoms with E-state index in [0.717, 1.165) is 10.7 Å². The molecule has 0 radical (unpaired) electrons. The van der Waals surface area contributed by atoms with E-state index >= 15 is 0 Å². The van der Waals surface area contributed by atoms with Crippen molar-refractivity contribution >= 4 is 45.6 Å². The van der Waals surface area contributed by atoms with Crippen molar-refractivity contribution in [1.82, 2.24) is 10.2 Å². The van der Waals surface area contributed by atoms with Crippen molar-refractivity contribution in [2.75, 3.05) is 22.1 Å². The van der Waals surface area contributed by atoms with Crippen LogP contribution in [0.2, 0.25) is 0 Å². The Bertz CT molecular complexity index is 1080. The number of anilines is 3. The number of hydrogen-bond acceptors (Lipinski definition) is 6. The lowest BCUT2D eigenvalue weighted by Crippen LogP contribution is -2.24. The fraction of sp³-hybridized carbons (Fsp3) is 0.190. The minimum Gasteiger partial charge on any atom is -0.326 e. The maximum absolute atomic E-state index is 12.4. The van der Waals surface area contributed by atoms with E-state index in [4.69, 9.17) is 0 Å². The minimum absolute atomic E-state index is 0.0474. The Hall–Kier alpha value is -3.59. The van der Waals surface area contributed by atoms with Crippen LogP contribution in [0.15, 0.2) is 54.6 Å². The predicted molar refractivity (Wildman–Crippen MR) is 115 cm³/mol. The highest BCUT2D eigenvalue weighted by atomic mass is 32.1. The zero-order chi connectivity index (χ0) is 21.1. The molecule has 2 heterocycles. The molecule has 1 saturated heterocycles. The molecule has 0 bridgehead atoms. The monoisotopic (exact) mass is 421 g/mol. The highest BCUT2D eigenvalue weighted by molar-refractivity contribution is 7.15. The van der Waals surface area contributed by atoms with Gasteiger partial charge in [0, 0.05) is 42.7 Å². The summed E-state index contributed by atoms with van der Waals surface area (Å²) in [6.07, 6.45) is 0.363. The summed E-state index contributed by atoms with van der Waals surface area (Å²) in [4.78, 5) is 37.7. The summed E-state index contributed by atoms with van der Waals surface area (Å²) in [5.41, 5.74) is 1.92. The average molecular weight is 421 g/mol. The number of nitrogens with zero attached hydrogens (tertiary/aromatic N) is 3. The van der Waals surface area contributed by atoms with E-state index in [-0.39, 0.29) is 23.6 Å². The van der Waals surface area contributed by atoms with Gasteiger partial charge in [-0.15, -0.1) is 10.2 Å². The summed E-state index contributed by atoms with van der Waals surface area (Å²) in [6.45, 7) is 1.96.